The van der Waals surface area contributed by atoms with Crippen molar-refractivity contribution in [3.8, 4) is 0 Å². The second-order valence-corrected chi connectivity index (χ2v) is 11.1. The van der Waals surface area contributed by atoms with E-state index in [2.05, 4.69) is 6.58 Å². The molecule has 4 aliphatic rings. The molecule has 0 amide bonds. The van der Waals surface area contributed by atoms with Gasteiger partial charge < -0.3 is 24.4 Å². The van der Waals surface area contributed by atoms with Gasteiger partial charge in [-0.05, 0) is 31.1 Å². The van der Waals surface area contributed by atoms with Gasteiger partial charge in [-0.25, -0.2) is 0 Å². The van der Waals surface area contributed by atoms with Gasteiger partial charge in [-0.3, -0.25) is 14.4 Å². The molecule has 0 aromatic rings. The van der Waals surface area contributed by atoms with Crippen LogP contribution in [-0.4, -0.2) is 58.1 Å². The first-order chi connectivity index (χ1) is 14.8. The summed E-state index contributed by atoms with van der Waals surface area (Å²) in [6.45, 7) is 12.1. The highest BCUT2D eigenvalue weighted by Gasteiger charge is 2.83. The van der Waals surface area contributed by atoms with Gasteiger partial charge in [0.2, 0.25) is 6.29 Å². The van der Waals surface area contributed by atoms with Gasteiger partial charge in [0.15, 0.2) is 11.9 Å². The average Bonchev–Trinajstić information content (AvgIpc) is 2.88. The van der Waals surface area contributed by atoms with Gasteiger partial charge in [-0.1, -0.05) is 26.8 Å². The van der Waals surface area contributed by atoms with E-state index in [0.29, 0.717) is 12.8 Å². The maximum atomic E-state index is 14.1. The van der Waals surface area contributed by atoms with Gasteiger partial charge in [-0.15, -0.1) is 6.58 Å². The monoisotopic (exact) mass is 450 g/mol. The zero-order valence-corrected chi connectivity index (χ0v) is 19.4. The molecule has 4 fully saturated rings. The lowest BCUT2D eigenvalue weighted by molar-refractivity contribution is -0.234. The van der Waals surface area contributed by atoms with Gasteiger partial charge in [0, 0.05) is 31.1 Å². The van der Waals surface area contributed by atoms with Crippen molar-refractivity contribution in [1.29, 1.82) is 0 Å². The first-order valence-corrected chi connectivity index (χ1v) is 11.3. The zero-order valence-electron chi connectivity index (χ0n) is 19.4. The standard InChI is InChI=1S/C24H34O8/c1-7-22(6)11-23-14(10-16(22)28)24(20(32-23)31-13(3)26)15(27)8-9-21(4,5)18(24)17(29)19(23)30-12(2)25/h7,14-16,18-20,27-28H,1,8-11H2,2-6H3/t14-,15-,16-,18-,19+,20+,22+,23+,24?/m0/s1. The number of hydrogen-bond donors (Lipinski definition) is 2. The normalized spacial score (nSPS) is 48.9. The molecule has 8 heteroatoms. The number of ether oxygens (including phenoxy) is 3. The van der Waals surface area contributed by atoms with Crippen molar-refractivity contribution in [2.24, 2.45) is 28.1 Å². The Morgan fingerprint density at radius 1 is 1.12 bits per heavy atom. The maximum Gasteiger partial charge on any atom is 0.304 e. The van der Waals surface area contributed by atoms with Crippen molar-refractivity contribution in [2.75, 3.05) is 0 Å². The van der Waals surface area contributed by atoms with Gasteiger partial charge >= 0.3 is 11.9 Å². The van der Waals surface area contributed by atoms with Crippen LogP contribution in [0.5, 0.6) is 0 Å². The van der Waals surface area contributed by atoms with Crippen LogP contribution >= 0.6 is 0 Å². The molecule has 3 saturated carbocycles. The van der Waals surface area contributed by atoms with Gasteiger partial charge in [-0.2, -0.15) is 0 Å². The SMILES string of the molecule is C=C[C@]1(C)C[C@@]23O[C@@H](OC(C)=O)C4([C@H]2C[C@@H]1O)[C@@H](O)CCC(C)(C)[C@@H]4C(=O)[C@H]3OC(C)=O. The molecule has 0 radical (unpaired) electrons. The van der Waals surface area contributed by atoms with Gasteiger partial charge in [0.25, 0.3) is 0 Å². The number of hydrogen-bond acceptors (Lipinski definition) is 8. The van der Waals surface area contributed by atoms with Crippen LogP contribution in [0.4, 0.5) is 0 Å². The molecule has 9 atom stereocenters. The molecule has 0 aromatic heterocycles. The molecule has 1 unspecified atom stereocenters. The van der Waals surface area contributed by atoms with E-state index >= 15 is 0 Å². The first kappa shape index (κ1) is 23.4. The Balaban J connectivity index is 2.00. The summed E-state index contributed by atoms with van der Waals surface area (Å²) in [5, 5.41) is 22.6. The van der Waals surface area contributed by atoms with E-state index in [1.165, 1.54) is 13.8 Å². The third-order valence-electron chi connectivity index (χ3n) is 8.74. The molecular formula is C24H34O8. The Labute approximate surface area is 188 Å². The predicted molar refractivity (Wildman–Crippen MR) is 112 cm³/mol. The Hall–Kier alpha value is -1.77. The lowest BCUT2D eigenvalue weighted by atomic mass is 9.40. The minimum Gasteiger partial charge on any atom is -0.451 e. The van der Waals surface area contributed by atoms with Crippen LogP contribution in [0.1, 0.15) is 60.3 Å². The topological polar surface area (TPSA) is 119 Å². The highest BCUT2D eigenvalue weighted by atomic mass is 16.7. The molecular weight excluding hydrogens is 416 g/mol. The fourth-order valence-corrected chi connectivity index (χ4v) is 7.41. The molecule has 0 aromatic carbocycles. The number of carbonyl (C=O) groups excluding carboxylic acids is 3. The maximum absolute atomic E-state index is 14.1. The quantitative estimate of drug-likeness (QED) is 0.494. The molecule has 1 aliphatic heterocycles. The molecule has 2 bridgehead atoms. The number of rotatable bonds is 3. The van der Waals surface area contributed by atoms with E-state index in [9.17, 15) is 24.6 Å². The van der Waals surface area contributed by atoms with E-state index in [-0.39, 0.29) is 18.6 Å². The minimum atomic E-state index is -1.35. The number of aliphatic hydroxyl groups is 2. The van der Waals surface area contributed by atoms with Crippen LogP contribution in [0.3, 0.4) is 0 Å². The molecule has 1 spiro atoms. The van der Waals surface area contributed by atoms with E-state index in [1.54, 1.807) is 6.08 Å². The number of esters is 2. The van der Waals surface area contributed by atoms with Gasteiger partial charge in [0.05, 0.1) is 17.6 Å². The largest absolute Gasteiger partial charge is 0.451 e. The van der Waals surface area contributed by atoms with Crippen LogP contribution in [-0.2, 0) is 28.6 Å². The van der Waals surface area contributed by atoms with E-state index in [4.69, 9.17) is 14.2 Å². The molecule has 4 rings (SSSR count). The molecule has 2 N–H and O–H groups in total. The number of carbonyl (C=O) groups is 3. The fourth-order valence-electron chi connectivity index (χ4n) is 7.41. The van der Waals surface area contributed by atoms with Crippen molar-refractivity contribution in [2.45, 2.75) is 90.5 Å². The fraction of sp³-hybridized carbons (Fsp3) is 0.792. The second kappa shape index (κ2) is 7.11. The minimum absolute atomic E-state index is 0.137. The summed E-state index contributed by atoms with van der Waals surface area (Å²) in [7, 11) is 0. The third-order valence-corrected chi connectivity index (χ3v) is 8.74. The summed E-state index contributed by atoms with van der Waals surface area (Å²) in [4.78, 5) is 38.3. The summed E-state index contributed by atoms with van der Waals surface area (Å²) in [6.07, 6.45) is -1.32. The van der Waals surface area contributed by atoms with Crippen LogP contribution in [0.15, 0.2) is 12.7 Å². The Bertz CT molecular complexity index is 866. The number of Topliss-reactive ketones (excluding diaryl/α,β-unsaturated/α-hetero) is 1. The van der Waals surface area contributed by atoms with E-state index in [1.807, 2.05) is 20.8 Å². The summed E-state index contributed by atoms with van der Waals surface area (Å²) >= 11 is 0. The van der Waals surface area contributed by atoms with Crippen molar-refractivity contribution >= 4 is 17.7 Å². The van der Waals surface area contributed by atoms with Crippen molar-refractivity contribution in [1.82, 2.24) is 0 Å². The smallest absolute Gasteiger partial charge is 0.304 e. The Morgan fingerprint density at radius 3 is 2.31 bits per heavy atom. The molecule has 8 nitrogen and oxygen atoms in total. The van der Waals surface area contributed by atoms with Crippen LogP contribution in [0.2, 0.25) is 0 Å². The van der Waals surface area contributed by atoms with Crippen molar-refractivity contribution in [3.05, 3.63) is 12.7 Å². The van der Waals surface area contributed by atoms with Crippen molar-refractivity contribution < 1.29 is 38.8 Å². The van der Waals surface area contributed by atoms with E-state index in [0.717, 1.165) is 0 Å². The number of ketones is 1. The second-order valence-electron chi connectivity index (χ2n) is 11.1. The molecule has 1 heterocycles. The Morgan fingerprint density at radius 2 is 1.75 bits per heavy atom. The summed E-state index contributed by atoms with van der Waals surface area (Å²) in [6, 6.07) is 0. The van der Waals surface area contributed by atoms with Crippen molar-refractivity contribution in [3.63, 3.8) is 0 Å². The highest BCUT2D eigenvalue weighted by Crippen LogP contribution is 2.72. The lowest BCUT2D eigenvalue weighted by Crippen LogP contribution is -2.73. The summed E-state index contributed by atoms with van der Waals surface area (Å²) in [5.74, 6) is -2.89. The van der Waals surface area contributed by atoms with Crippen LogP contribution < -0.4 is 0 Å². The average molecular weight is 451 g/mol. The lowest BCUT2D eigenvalue weighted by Gasteiger charge is -2.62. The summed E-state index contributed by atoms with van der Waals surface area (Å²) < 4.78 is 17.8. The highest BCUT2D eigenvalue weighted by molar-refractivity contribution is 5.92. The molecule has 32 heavy (non-hydrogen) atoms. The van der Waals surface area contributed by atoms with E-state index < -0.39 is 70.2 Å². The van der Waals surface area contributed by atoms with Crippen LogP contribution in [0, 0.1) is 28.1 Å². The van der Waals surface area contributed by atoms with Gasteiger partial charge in [0.1, 0.15) is 5.60 Å². The first-order valence-electron chi connectivity index (χ1n) is 11.3. The molecule has 1 saturated heterocycles. The third kappa shape index (κ3) is 2.82. The molecule has 178 valence electrons. The Kier molecular flexibility index (Phi) is 5.20. The zero-order chi connectivity index (χ0) is 23.9. The molecule has 3 aliphatic carbocycles. The summed E-state index contributed by atoms with van der Waals surface area (Å²) in [5.41, 5.74) is -4.00. The predicted octanol–water partition coefficient (Wildman–Crippen LogP) is 1.91. The van der Waals surface area contributed by atoms with Crippen LogP contribution in [0.25, 0.3) is 0 Å². The number of aliphatic hydroxyl groups excluding tert-OH is 2.